The SMILES string of the molecule is CC.CCC(O)C(CO)OC. The zero-order valence-electron chi connectivity index (χ0n) is 7.87. The van der Waals surface area contributed by atoms with Crippen LogP contribution in [0.5, 0.6) is 0 Å². The Morgan fingerprint density at radius 1 is 1.36 bits per heavy atom. The maximum absolute atomic E-state index is 9.03. The fourth-order valence-corrected chi connectivity index (χ4v) is 0.616. The zero-order valence-corrected chi connectivity index (χ0v) is 7.87. The Labute approximate surface area is 69.0 Å². The minimum atomic E-state index is -0.542. The van der Waals surface area contributed by atoms with Crippen LogP contribution >= 0.6 is 0 Å². The summed E-state index contributed by atoms with van der Waals surface area (Å²) in [6.07, 6.45) is -0.353. The van der Waals surface area contributed by atoms with E-state index < -0.39 is 12.2 Å². The number of ether oxygens (including phenoxy) is 1. The average Bonchev–Trinajstić information content (AvgIpc) is 2.10. The third kappa shape index (κ3) is 6.28. The summed E-state index contributed by atoms with van der Waals surface area (Å²) in [5.41, 5.74) is 0. The molecule has 0 aliphatic rings. The van der Waals surface area contributed by atoms with Gasteiger partial charge >= 0.3 is 0 Å². The van der Waals surface area contributed by atoms with Crippen LogP contribution in [0.1, 0.15) is 27.2 Å². The molecule has 0 aliphatic heterocycles. The van der Waals surface area contributed by atoms with Gasteiger partial charge < -0.3 is 14.9 Å². The highest BCUT2D eigenvalue weighted by molar-refractivity contribution is 4.64. The molecule has 2 unspecified atom stereocenters. The molecule has 0 aromatic rings. The van der Waals surface area contributed by atoms with E-state index in [1.165, 1.54) is 7.11 Å². The van der Waals surface area contributed by atoms with Crippen molar-refractivity contribution in [2.75, 3.05) is 13.7 Å². The van der Waals surface area contributed by atoms with Gasteiger partial charge in [0.25, 0.3) is 0 Å². The number of hydrogen-bond donors (Lipinski definition) is 2. The van der Waals surface area contributed by atoms with Gasteiger partial charge in [0.15, 0.2) is 0 Å². The van der Waals surface area contributed by atoms with E-state index in [0.29, 0.717) is 6.42 Å². The first-order valence-corrected chi connectivity index (χ1v) is 4.08. The molecule has 11 heavy (non-hydrogen) atoms. The first kappa shape index (κ1) is 13.5. The summed E-state index contributed by atoms with van der Waals surface area (Å²) in [5.74, 6) is 0. The molecule has 3 nitrogen and oxygen atoms in total. The number of hydrogen-bond acceptors (Lipinski definition) is 3. The van der Waals surface area contributed by atoms with Crippen molar-refractivity contribution in [3.05, 3.63) is 0 Å². The highest BCUT2D eigenvalue weighted by Crippen LogP contribution is 2.00. The van der Waals surface area contributed by atoms with Gasteiger partial charge in [-0.2, -0.15) is 0 Å². The lowest BCUT2D eigenvalue weighted by molar-refractivity contribution is -0.0418. The van der Waals surface area contributed by atoms with Crippen molar-refractivity contribution >= 4 is 0 Å². The largest absolute Gasteiger partial charge is 0.394 e. The molecule has 0 rings (SSSR count). The third-order valence-electron chi connectivity index (χ3n) is 1.33. The number of aliphatic hydroxyl groups is 2. The lowest BCUT2D eigenvalue weighted by atomic mass is 10.2. The van der Waals surface area contributed by atoms with Crippen LogP contribution in [0.4, 0.5) is 0 Å². The maximum Gasteiger partial charge on any atom is 0.106 e. The lowest BCUT2D eigenvalue weighted by Gasteiger charge is -2.16. The summed E-state index contributed by atoms with van der Waals surface area (Å²) < 4.78 is 4.75. The van der Waals surface area contributed by atoms with Crippen LogP contribution in [0.25, 0.3) is 0 Å². The van der Waals surface area contributed by atoms with E-state index >= 15 is 0 Å². The van der Waals surface area contributed by atoms with Gasteiger partial charge in [0.2, 0.25) is 0 Å². The van der Waals surface area contributed by atoms with E-state index in [4.69, 9.17) is 14.9 Å². The topological polar surface area (TPSA) is 49.7 Å². The van der Waals surface area contributed by atoms with Crippen molar-refractivity contribution in [2.45, 2.75) is 39.4 Å². The van der Waals surface area contributed by atoms with Gasteiger partial charge in [-0.1, -0.05) is 20.8 Å². The molecule has 0 amide bonds. The van der Waals surface area contributed by atoms with Gasteiger partial charge in [-0.15, -0.1) is 0 Å². The summed E-state index contributed by atoms with van der Waals surface area (Å²) in [7, 11) is 1.47. The maximum atomic E-state index is 9.03. The molecule has 0 saturated heterocycles. The van der Waals surface area contributed by atoms with Crippen molar-refractivity contribution in [1.82, 2.24) is 0 Å². The standard InChI is InChI=1S/C6H14O3.C2H6/c1-3-5(8)6(4-7)9-2;1-2/h5-8H,3-4H2,1-2H3;1-2H3. The molecule has 3 heteroatoms. The molecule has 0 fully saturated rings. The fraction of sp³-hybridized carbons (Fsp3) is 1.00. The number of aliphatic hydroxyl groups excluding tert-OH is 2. The minimum Gasteiger partial charge on any atom is -0.394 e. The first-order chi connectivity index (χ1) is 5.26. The Morgan fingerprint density at radius 2 is 1.82 bits per heavy atom. The number of methoxy groups -OCH3 is 1. The van der Waals surface area contributed by atoms with Crippen LogP contribution in [0.15, 0.2) is 0 Å². The smallest absolute Gasteiger partial charge is 0.106 e. The van der Waals surface area contributed by atoms with Crippen molar-refractivity contribution in [3.63, 3.8) is 0 Å². The second-order valence-electron chi connectivity index (χ2n) is 1.93. The molecule has 2 atom stereocenters. The second kappa shape index (κ2) is 9.88. The summed E-state index contributed by atoms with van der Waals surface area (Å²) in [6.45, 7) is 5.72. The van der Waals surface area contributed by atoms with E-state index in [-0.39, 0.29) is 6.61 Å². The molecular formula is C8H20O3. The van der Waals surface area contributed by atoms with Crippen LogP contribution in [0.2, 0.25) is 0 Å². The molecule has 70 valence electrons. The summed E-state index contributed by atoms with van der Waals surface area (Å²) >= 11 is 0. The first-order valence-electron chi connectivity index (χ1n) is 4.08. The van der Waals surface area contributed by atoms with Gasteiger partial charge in [-0.25, -0.2) is 0 Å². The van der Waals surface area contributed by atoms with E-state index in [1.807, 2.05) is 20.8 Å². The van der Waals surface area contributed by atoms with E-state index in [0.717, 1.165) is 0 Å². The van der Waals surface area contributed by atoms with E-state index in [2.05, 4.69) is 0 Å². The number of rotatable bonds is 4. The zero-order chi connectivity index (χ0) is 9.28. The fourth-order valence-electron chi connectivity index (χ4n) is 0.616. The molecule has 0 aliphatic carbocycles. The Balaban J connectivity index is 0. The van der Waals surface area contributed by atoms with Crippen LogP contribution < -0.4 is 0 Å². The van der Waals surface area contributed by atoms with Gasteiger partial charge in [-0.3, -0.25) is 0 Å². The monoisotopic (exact) mass is 164 g/mol. The molecule has 2 N–H and O–H groups in total. The second-order valence-corrected chi connectivity index (χ2v) is 1.93. The quantitative estimate of drug-likeness (QED) is 0.646. The lowest BCUT2D eigenvalue weighted by Crippen LogP contribution is -2.30. The summed E-state index contributed by atoms with van der Waals surface area (Å²) in [6, 6.07) is 0. The molecule has 0 aromatic carbocycles. The molecule has 0 heterocycles. The molecule has 0 bridgehead atoms. The minimum absolute atomic E-state index is 0.120. The predicted molar refractivity (Wildman–Crippen MR) is 45.5 cm³/mol. The third-order valence-corrected chi connectivity index (χ3v) is 1.33. The summed E-state index contributed by atoms with van der Waals surface area (Å²) in [4.78, 5) is 0. The molecule has 0 aromatic heterocycles. The average molecular weight is 164 g/mol. The van der Waals surface area contributed by atoms with Crippen LogP contribution in [-0.4, -0.2) is 36.1 Å². The molecular weight excluding hydrogens is 144 g/mol. The van der Waals surface area contributed by atoms with E-state index in [9.17, 15) is 0 Å². The van der Waals surface area contributed by atoms with Gasteiger partial charge in [-0.05, 0) is 6.42 Å². The molecule has 0 spiro atoms. The Hall–Kier alpha value is -0.120. The van der Waals surface area contributed by atoms with Crippen molar-refractivity contribution in [2.24, 2.45) is 0 Å². The van der Waals surface area contributed by atoms with Crippen molar-refractivity contribution in [1.29, 1.82) is 0 Å². The van der Waals surface area contributed by atoms with Crippen LogP contribution in [-0.2, 0) is 4.74 Å². The van der Waals surface area contributed by atoms with Gasteiger partial charge in [0.1, 0.15) is 6.10 Å². The van der Waals surface area contributed by atoms with Crippen LogP contribution in [0, 0.1) is 0 Å². The Bertz CT molecular complexity index is 62.4. The normalized spacial score (nSPS) is 14.7. The Kier molecular flexibility index (Phi) is 12.1. The highest BCUT2D eigenvalue weighted by atomic mass is 16.5. The molecule has 0 radical (unpaired) electrons. The van der Waals surface area contributed by atoms with Crippen LogP contribution in [0.3, 0.4) is 0 Å². The summed E-state index contributed by atoms with van der Waals surface area (Å²) in [5, 5.41) is 17.6. The highest BCUT2D eigenvalue weighted by Gasteiger charge is 2.14. The predicted octanol–water partition coefficient (Wildman–Crippen LogP) is 0.791. The Morgan fingerprint density at radius 3 is 1.91 bits per heavy atom. The van der Waals surface area contributed by atoms with Gasteiger partial charge in [0.05, 0.1) is 12.7 Å². The van der Waals surface area contributed by atoms with Gasteiger partial charge in [0, 0.05) is 7.11 Å². The van der Waals surface area contributed by atoms with E-state index in [1.54, 1.807) is 0 Å². The van der Waals surface area contributed by atoms with Crippen molar-refractivity contribution in [3.8, 4) is 0 Å². The molecule has 0 saturated carbocycles. The van der Waals surface area contributed by atoms with Crippen molar-refractivity contribution < 1.29 is 14.9 Å².